The smallest absolute Gasteiger partial charge is 0.147 e. The lowest BCUT2D eigenvalue weighted by Gasteiger charge is -2.10. The number of aliphatic hydroxyl groups excluding tert-OH is 1. The summed E-state index contributed by atoms with van der Waals surface area (Å²) in [7, 11) is 1.55. The van der Waals surface area contributed by atoms with Crippen molar-refractivity contribution in [2.45, 2.75) is 6.10 Å². The number of halogens is 1. The highest BCUT2D eigenvalue weighted by atomic mass is 19.1. The normalized spacial score (nSPS) is 12.4. The van der Waals surface area contributed by atoms with E-state index in [1.165, 1.54) is 0 Å². The average molecular weight is 370 g/mol. The Labute approximate surface area is 155 Å². The molecule has 0 bridgehead atoms. The molecular formula is C19H19FN4O3. The summed E-state index contributed by atoms with van der Waals surface area (Å²) in [6, 6.07) is 14.5. The molecule has 140 valence electrons. The van der Waals surface area contributed by atoms with Crippen LogP contribution in [0.5, 0.6) is 11.5 Å². The highest BCUT2D eigenvalue weighted by Gasteiger charge is 2.09. The highest BCUT2D eigenvalue weighted by Crippen LogP contribution is 2.33. The first kappa shape index (κ1) is 18.5. The molecule has 0 aliphatic heterocycles. The molecule has 0 aliphatic carbocycles. The van der Waals surface area contributed by atoms with Gasteiger partial charge in [0.25, 0.3) is 0 Å². The van der Waals surface area contributed by atoms with Crippen LogP contribution < -0.4 is 15.3 Å². The third-order valence-electron chi connectivity index (χ3n) is 3.92. The molecule has 27 heavy (non-hydrogen) atoms. The molecule has 0 amide bonds. The van der Waals surface area contributed by atoms with E-state index >= 15 is 0 Å². The van der Waals surface area contributed by atoms with Crippen LogP contribution >= 0.6 is 0 Å². The number of ether oxygens (including phenoxy) is 2. The minimum absolute atomic E-state index is 0.0974. The van der Waals surface area contributed by atoms with Crippen LogP contribution in [0.2, 0.25) is 0 Å². The number of aliphatic hydroxyl groups is 1. The van der Waals surface area contributed by atoms with Gasteiger partial charge in [-0.2, -0.15) is 0 Å². The third kappa shape index (κ3) is 4.29. The van der Waals surface area contributed by atoms with Crippen molar-refractivity contribution in [1.29, 1.82) is 0 Å². The Morgan fingerprint density at radius 1 is 1.19 bits per heavy atom. The molecule has 3 aromatic rings. The fourth-order valence-corrected chi connectivity index (χ4v) is 2.57. The van der Waals surface area contributed by atoms with Crippen LogP contribution in [0.4, 0.5) is 10.1 Å². The molecule has 1 unspecified atom stereocenters. The predicted molar refractivity (Wildman–Crippen MR) is 99.9 cm³/mol. The van der Waals surface area contributed by atoms with Crippen molar-refractivity contribution in [1.82, 2.24) is 4.98 Å². The average Bonchev–Trinajstić information content (AvgIpc) is 2.71. The second-order valence-corrected chi connectivity index (χ2v) is 5.77. The molecule has 1 aromatic heterocycles. The van der Waals surface area contributed by atoms with Gasteiger partial charge in [-0.3, -0.25) is 0 Å². The number of pyridine rings is 1. The molecule has 0 fully saturated rings. The van der Waals surface area contributed by atoms with Gasteiger partial charge >= 0.3 is 0 Å². The molecule has 1 atom stereocenters. The van der Waals surface area contributed by atoms with E-state index in [0.717, 1.165) is 22.2 Å². The topological polar surface area (TPSA) is 102 Å². The molecule has 3 N–H and O–H groups in total. The van der Waals surface area contributed by atoms with Gasteiger partial charge < -0.3 is 20.4 Å². The van der Waals surface area contributed by atoms with Crippen LogP contribution in [-0.2, 0) is 0 Å². The third-order valence-corrected chi connectivity index (χ3v) is 3.92. The van der Waals surface area contributed by atoms with E-state index in [0.29, 0.717) is 17.2 Å². The number of alkyl halides is 1. The van der Waals surface area contributed by atoms with Crippen LogP contribution in [-0.4, -0.2) is 36.6 Å². The van der Waals surface area contributed by atoms with Crippen molar-refractivity contribution >= 4 is 16.6 Å². The minimum Gasteiger partial charge on any atom is -0.494 e. The molecule has 0 saturated carbocycles. The molecule has 1 heterocycles. The molecule has 0 radical (unpaired) electrons. The van der Waals surface area contributed by atoms with Crippen molar-refractivity contribution in [2.24, 2.45) is 16.2 Å². The summed E-state index contributed by atoms with van der Waals surface area (Å²) >= 11 is 0. The lowest BCUT2D eigenvalue weighted by atomic mass is 10.1. The van der Waals surface area contributed by atoms with Gasteiger partial charge in [-0.25, -0.2) is 9.37 Å². The van der Waals surface area contributed by atoms with Crippen molar-refractivity contribution < 1.29 is 19.0 Å². The number of fused-ring (bicyclic) bond motifs is 1. The van der Waals surface area contributed by atoms with E-state index in [4.69, 9.17) is 15.3 Å². The molecule has 2 aromatic carbocycles. The minimum atomic E-state index is -1.13. The summed E-state index contributed by atoms with van der Waals surface area (Å²) in [5.41, 5.74) is 2.92. The number of benzene rings is 2. The largest absolute Gasteiger partial charge is 0.494 e. The lowest BCUT2D eigenvalue weighted by Crippen LogP contribution is -2.19. The van der Waals surface area contributed by atoms with Crippen molar-refractivity contribution in [3.8, 4) is 22.8 Å². The van der Waals surface area contributed by atoms with Crippen LogP contribution in [0.1, 0.15) is 0 Å². The number of hydrogen-bond acceptors (Lipinski definition) is 6. The Balaban J connectivity index is 1.88. The predicted octanol–water partition coefficient (Wildman–Crippen LogP) is 3.58. The fourth-order valence-electron chi connectivity index (χ4n) is 2.57. The first-order chi connectivity index (χ1) is 13.1. The maximum absolute atomic E-state index is 12.3. The Morgan fingerprint density at radius 3 is 2.78 bits per heavy atom. The van der Waals surface area contributed by atoms with Gasteiger partial charge in [0.05, 0.1) is 18.3 Å². The van der Waals surface area contributed by atoms with Gasteiger partial charge in [-0.1, -0.05) is 17.4 Å². The summed E-state index contributed by atoms with van der Waals surface area (Å²) < 4.78 is 23.0. The number of hydrogen-bond donors (Lipinski definition) is 2. The van der Waals surface area contributed by atoms with Gasteiger partial charge in [-0.05, 0) is 36.4 Å². The van der Waals surface area contributed by atoms with Gasteiger partial charge in [-0.15, -0.1) is 5.11 Å². The maximum Gasteiger partial charge on any atom is 0.147 e. The SMILES string of the molecule is COc1cc(-c2ccc3cc(OCC(O)CF)ccc3n2)ccc1N=NN. The van der Waals surface area contributed by atoms with Gasteiger partial charge in [0.2, 0.25) is 0 Å². The lowest BCUT2D eigenvalue weighted by molar-refractivity contribution is 0.0842. The number of aromatic nitrogens is 1. The molecule has 0 aliphatic rings. The van der Waals surface area contributed by atoms with E-state index in [-0.39, 0.29) is 6.61 Å². The maximum atomic E-state index is 12.3. The van der Waals surface area contributed by atoms with Gasteiger partial charge in [0.1, 0.15) is 36.6 Å². The van der Waals surface area contributed by atoms with Crippen LogP contribution in [0.15, 0.2) is 58.9 Å². The number of nitrogens with zero attached hydrogens (tertiary/aromatic N) is 3. The molecule has 3 rings (SSSR count). The number of methoxy groups -OCH3 is 1. The zero-order valence-corrected chi connectivity index (χ0v) is 14.7. The summed E-state index contributed by atoms with van der Waals surface area (Å²) in [6.07, 6.45) is -1.13. The van der Waals surface area contributed by atoms with E-state index in [2.05, 4.69) is 15.3 Å². The molecular weight excluding hydrogens is 351 g/mol. The Bertz CT molecular complexity index is 965. The van der Waals surface area contributed by atoms with E-state index in [1.807, 2.05) is 30.3 Å². The Morgan fingerprint density at radius 2 is 2.04 bits per heavy atom. The summed E-state index contributed by atoms with van der Waals surface area (Å²) in [5.74, 6) is 6.19. The number of nitrogens with two attached hydrogens (primary N) is 1. The monoisotopic (exact) mass is 370 g/mol. The summed E-state index contributed by atoms with van der Waals surface area (Å²) in [4.78, 5) is 4.65. The second kappa shape index (κ2) is 8.41. The fraction of sp³-hybridized carbons (Fsp3) is 0.211. The van der Waals surface area contributed by atoms with Crippen molar-refractivity contribution in [3.63, 3.8) is 0 Å². The second-order valence-electron chi connectivity index (χ2n) is 5.77. The first-order valence-corrected chi connectivity index (χ1v) is 8.21. The summed E-state index contributed by atoms with van der Waals surface area (Å²) in [5, 5.41) is 17.2. The Kier molecular flexibility index (Phi) is 5.77. The quantitative estimate of drug-likeness (QED) is 0.376. The van der Waals surface area contributed by atoms with E-state index in [9.17, 15) is 9.50 Å². The highest BCUT2D eigenvalue weighted by molar-refractivity contribution is 5.83. The van der Waals surface area contributed by atoms with Gasteiger partial charge in [0, 0.05) is 10.9 Å². The van der Waals surface area contributed by atoms with Crippen LogP contribution in [0.25, 0.3) is 22.2 Å². The summed E-state index contributed by atoms with van der Waals surface area (Å²) in [6.45, 7) is -0.937. The van der Waals surface area contributed by atoms with E-state index in [1.54, 1.807) is 25.3 Å². The van der Waals surface area contributed by atoms with Crippen molar-refractivity contribution in [2.75, 3.05) is 20.4 Å². The Hall–Kier alpha value is -3.26. The van der Waals surface area contributed by atoms with Gasteiger partial charge in [0.15, 0.2) is 0 Å². The molecule has 0 spiro atoms. The number of rotatable bonds is 7. The molecule has 7 nitrogen and oxygen atoms in total. The molecule has 0 saturated heterocycles. The zero-order chi connectivity index (χ0) is 19.2. The van der Waals surface area contributed by atoms with E-state index < -0.39 is 12.8 Å². The standard InChI is InChI=1S/C19H19FN4O3/c1-26-19-9-13(3-6-18(19)23-24-21)16-5-2-12-8-15(4-7-17(12)22-16)27-11-14(25)10-20/h2-9,14,25H,10-11H2,1H3,(H2,21,23). The van der Waals surface area contributed by atoms with Crippen molar-refractivity contribution in [3.05, 3.63) is 48.5 Å². The molecule has 8 heteroatoms. The zero-order valence-electron chi connectivity index (χ0n) is 14.7. The van der Waals surface area contributed by atoms with Crippen LogP contribution in [0.3, 0.4) is 0 Å². The first-order valence-electron chi connectivity index (χ1n) is 8.21. The van der Waals surface area contributed by atoms with Crippen LogP contribution in [0, 0.1) is 0 Å².